The Morgan fingerprint density at radius 1 is 1.07 bits per heavy atom. The van der Waals surface area contributed by atoms with E-state index in [0.717, 1.165) is 36.5 Å². The molecule has 0 aliphatic heterocycles. The number of fused-ring (bicyclic) bond motifs is 2. The van der Waals surface area contributed by atoms with Gasteiger partial charge in [0.1, 0.15) is 5.69 Å². The molecule has 150 valence electrons. The Morgan fingerprint density at radius 2 is 1.89 bits per heavy atom. The summed E-state index contributed by atoms with van der Waals surface area (Å²) in [6, 6.07) is 3.63. The second-order valence-corrected chi connectivity index (χ2v) is 8.76. The van der Waals surface area contributed by atoms with Crippen molar-refractivity contribution in [3.63, 3.8) is 0 Å². The minimum atomic E-state index is -0.628. The fourth-order valence-electron chi connectivity index (χ4n) is 5.63. The molecule has 4 rings (SSSR count). The zero-order chi connectivity index (χ0) is 19.8. The first kappa shape index (κ1) is 18.8. The van der Waals surface area contributed by atoms with Gasteiger partial charge in [-0.05, 0) is 68.3 Å². The normalized spacial score (nSPS) is 33.2. The first-order valence-electron chi connectivity index (χ1n) is 10.2. The monoisotopic (exact) mass is 386 g/mol. The number of nitro benzene ring substituents is 2. The lowest BCUT2D eigenvalue weighted by Gasteiger charge is -2.36. The Balaban J connectivity index is 1.57. The molecule has 3 fully saturated rings. The highest BCUT2D eigenvalue weighted by Crippen LogP contribution is 2.53. The molecule has 0 amide bonds. The zero-order valence-electron chi connectivity index (χ0n) is 16.0. The van der Waals surface area contributed by atoms with Crippen LogP contribution in [0, 0.1) is 49.8 Å². The standard InChI is InChI=1S/C20H26N4O4/c1-12-2-6-16(17-10-13-3-4-14(17)9-13)19(8-12)22-21-18-7-5-15(23(25)26)11-20(18)24(27)28/h5,7,11-14,16-17,21H,2-4,6,8-10H2,1H3/b22-19-/t12-,13+,14+,16-,17-/m1/s1. The average Bonchev–Trinajstić information content (AvgIpc) is 3.29. The molecule has 3 aliphatic carbocycles. The van der Waals surface area contributed by atoms with Crippen molar-refractivity contribution in [1.82, 2.24) is 0 Å². The molecule has 0 unspecified atom stereocenters. The Kier molecular flexibility index (Phi) is 5.03. The van der Waals surface area contributed by atoms with E-state index in [1.165, 1.54) is 44.2 Å². The average molecular weight is 386 g/mol. The molecular formula is C20H26N4O4. The lowest BCUT2D eigenvalue weighted by atomic mass is 9.70. The van der Waals surface area contributed by atoms with Gasteiger partial charge < -0.3 is 0 Å². The van der Waals surface area contributed by atoms with Crippen molar-refractivity contribution in [2.75, 3.05) is 5.43 Å². The number of anilines is 1. The summed E-state index contributed by atoms with van der Waals surface area (Å²) < 4.78 is 0. The molecule has 0 radical (unpaired) electrons. The van der Waals surface area contributed by atoms with Crippen LogP contribution in [0.25, 0.3) is 0 Å². The van der Waals surface area contributed by atoms with Gasteiger partial charge >= 0.3 is 5.69 Å². The lowest BCUT2D eigenvalue weighted by Crippen LogP contribution is -2.33. The maximum Gasteiger partial charge on any atom is 0.301 e. The van der Waals surface area contributed by atoms with Crippen molar-refractivity contribution < 1.29 is 9.85 Å². The predicted molar refractivity (Wildman–Crippen MR) is 106 cm³/mol. The summed E-state index contributed by atoms with van der Waals surface area (Å²) in [6.07, 6.45) is 8.59. The summed E-state index contributed by atoms with van der Waals surface area (Å²) in [5, 5.41) is 26.9. The van der Waals surface area contributed by atoms with Crippen LogP contribution in [0.15, 0.2) is 23.3 Å². The first-order valence-corrected chi connectivity index (χ1v) is 10.2. The molecule has 0 spiro atoms. The van der Waals surface area contributed by atoms with Crippen molar-refractivity contribution in [3.8, 4) is 0 Å². The number of hydrogen-bond acceptors (Lipinski definition) is 6. The van der Waals surface area contributed by atoms with Crippen molar-refractivity contribution in [1.29, 1.82) is 0 Å². The number of non-ortho nitro benzene ring substituents is 1. The molecule has 8 nitrogen and oxygen atoms in total. The highest BCUT2D eigenvalue weighted by Gasteiger charge is 2.45. The van der Waals surface area contributed by atoms with E-state index >= 15 is 0 Å². The van der Waals surface area contributed by atoms with Crippen LogP contribution in [0.2, 0.25) is 0 Å². The molecular weight excluding hydrogens is 360 g/mol. The van der Waals surface area contributed by atoms with Crippen LogP contribution in [-0.4, -0.2) is 15.6 Å². The van der Waals surface area contributed by atoms with Crippen LogP contribution < -0.4 is 5.43 Å². The van der Waals surface area contributed by atoms with Gasteiger partial charge in [0.2, 0.25) is 0 Å². The number of nitro groups is 2. The van der Waals surface area contributed by atoms with Gasteiger partial charge in [-0.3, -0.25) is 25.7 Å². The van der Waals surface area contributed by atoms with E-state index in [-0.39, 0.29) is 17.1 Å². The second-order valence-electron chi connectivity index (χ2n) is 8.76. The minimum absolute atomic E-state index is 0.202. The Bertz CT molecular complexity index is 824. The highest BCUT2D eigenvalue weighted by molar-refractivity contribution is 5.89. The summed E-state index contributed by atoms with van der Waals surface area (Å²) in [5.41, 5.74) is 3.57. The largest absolute Gasteiger partial charge is 0.301 e. The van der Waals surface area contributed by atoms with Crippen LogP contribution in [0.4, 0.5) is 17.1 Å². The smallest absolute Gasteiger partial charge is 0.272 e. The van der Waals surface area contributed by atoms with E-state index in [1.807, 2.05) is 0 Å². The number of hydrogen-bond donors (Lipinski definition) is 1. The van der Waals surface area contributed by atoms with Crippen LogP contribution >= 0.6 is 0 Å². The minimum Gasteiger partial charge on any atom is -0.272 e. The van der Waals surface area contributed by atoms with E-state index in [9.17, 15) is 20.2 Å². The summed E-state index contributed by atoms with van der Waals surface area (Å²) in [6.45, 7) is 2.22. The van der Waals surface area contributed by atoms with Crippen molar-refractivity contribution in [2.45, 2.75) is 51.9 Å². The number of nitrogens with one attached hydrogen (secondary N) is 1. The predicted octanol–water partition coefficient (Wildman–Crippen LogP) is 5.14. The number of hydrazone groups is 1. The molecule has 0 saturated heterocycles. The van der Waals surface area contributed by atoms with E-state index in [0.29, 0.717) is 17.8 Å². The Labute approximate surface area is 163 Å². The number of nitrogens with zero attached hydrogens (tertiary/aromatic N) is 3. The zero-order valence-corrected chi connectivity index (χ0v) is 16.0. The second kappa shape index (κ2) is 7.48. The van der Waals surface area contributed by atoms with Crippen molar-refractivity contribution >= 4 is 22.8 Å². The van der Waals surface area contributed by atoms with Crippen LogP contribution in [-0.2, 0) is 0 Å². The highest BCUT2D eigenvalue weighted by atomic mass is 16.6. The quantitative estimate of drug-likeness (QED) is 0.556. The molecule has 28 heavy (non-hydrogen) atoms. The van der Waals surface area contributed by atoms with Gasteiger partial charge in [0.25, 0.3) is 5.69 Å². The van der Waals surface area contributed by atoms with Gasteiger partial charge in [0.15, 0.2) is 0 Å². The molecule has 0 heterocycles. The molecule has 8 heteroatoms. The van der Waals surface area contributed by atoms with Crippen LogP contribution in [0.5, 0.6) is 0 Å². The SMILES string of the molecule is C[C@@H]1CC[C@H]([C@@H]2C[C@H]3CC[C@H]2C3)/C(=N\Nc2ccc([N+](=O)[O-])cc2[N+](=O)[O-])C1. The first-order chi connectivity index (χ1) is 13.4. The fourth-order valence-corrected chi connectivity index (χ4v) is 5.63. The number of rotatable bonds is 5. The lowest BCUT2D eigenvalue weighted by molar-refractivity contribution is -0.393. The van der Waals surface area contributed by atoms with Crippen molar-refractivity contribution in [2.24, 2.45) is 34.7 Å². The molecule has 0 aromatic heterocycles. The third-order valence-electron chi connectivity index (χ3n) is 6.97. The summed E-state index contributed by atoms with van der Waals surface area (Å²) in [7, 11) is 0. The summed E-state index contributed by atoms with van der Waals surface area (Å²) in [5.74, 6) is 3.39. The molecule has 1 N–H and O–H groups in total. The van der Waals surface area contributed by atoms with Gasteiger partial charge in [-0.15, -0.1) is 0 Å². The van der Waals surface area contributed by atoms with E-state index in [4.69, 9.17) is 0 Å². The summed E-state index contributed by atoms with van der Waals surface area (Å²) >= 11 is 0. The van der Waals surface area contributed by atoms with Gasteiger partial charge in [-0.25, -0.2) is 0 Å². The van der Waals surface area contributed by atoms with E-state index in [1.54, 1.807) is 0 Å². The third kappa shape index (κ3) is 3.59. The third-order valence-corrected chi connectivity index (χ3v) is 6.97. The summed E-state index contributed by atoms with van der Waals surface area (Å²) in [4.78, 5) is 21.0. The van der Waals surface area contributed by atoms with Gasteiger partial charge in [0, 0.05) is 17.7 Å². The maximum absolute atomic E-state index is 11.4. The van der Waals surface area contributed by atoms with Crippen LogP contribution in [0.1, 0.15) is 51.9 Å². The molecule has 2 bridgehead atoms. The topological polar surface area (TPSA) is 111 Å². The van der Waals surface area contributed by atoms with Crippen LogP contribution in [0.3, 0.4) is 0 Å². The van der Waals surface area contributed by atoms with Gasteiger partial charge in [-0.2, -0.15) is 5.10 Å². The Morgan fingerprint density at radius 3 is 2.54 bits per heavy atom. The fraction of sp³-hybridized carbons (Fsp3) is 0.650. The Hall–Kier alpha value is -2.51. The molecule has 3 aliphatic rings. The molecule has 3 saturated carbocycles. The van der Waals surface area contributed by atoms with E-state index in [2.05, 4.69) is 17.5 Å². The van der Waals surface area contributed by atoms with Gasteiger partial charge in [0.05, 0.1) is 15.9 Å². The van der Waals surface area contributed by atoms with E-state index < -0.39 is 9.85 Å². The molecule has 5 atom stereocenters. The number of benzene rings is 1. The maximum atomic E-state index is 11.4. The van der Waals surface area contributed by atoms with Gasteiger partial charge in [-0.1, -0.05) is 13.3 Å². The molecule has 1 aromatic carbocycles. The van der Waals surface area contributed by atoms with Crippen molar-refractivity contribution in [3.05, 3.63) is 38.4 Å². The molecule has 1 aromatic rings.